The van der Waals surface area contributed by atoms with Crippen LogP contribution in [0.1, 0.15) is 49.0 Å². The van der Waals surface area contributed by atoms with Crippen molar-refractivity contribution in [3.8, 4) is 16.3 Å². The highest BCUT2D eigenvalue weighted by atomic mass is 32.2. The first kappa shape index (κ1) is 24.4. The molecular weight excluding hydrogens is 488 g/mol. The molecule has 0 saturated heterocycles. The van der Waals surface area contributed by atoms with Crippen LogP contribution in [0.15, 0.2) is 71.1 Å². The molecule has 7 heteroatoms. The molecule has 0 saturated carbocycles. The summed E-state index contributed by atoms with van der Waals surface area (Å²) in [4.78, 5) is 16.0. The number of hydrogen-bond acceptors (Lipinski definition) is 6. The zero-order valence-corrected chi connectivity index (χ0v) is 22.1. The van der Waals surface area contributed by atoms with Gasteiger partial charge in [0.05, 0.1) is 18.4 Å². The number of rotatable bonds is 7. The Morgan fingerprint density at radius 2 is 1.83 bits per heavy atom. The van der Waals surface area contributed by atoms with E-state index in [0.717, 1.165) is 28.4 Å². The summed E-state index contributed by atoms with van der Waals surface area (Å²) in [7, 11) is 1.52. The maximum absolute atomic E-state index is 11.2. The van der Waals surface area contributed by atoms with Crippen molar-refractivity contribution in [2.75, 3.05) is 11.8 Å². The normalized spacial score (nSPS) is 14.9. The molecule has 0 aliphatic heterocycles. The lowest BCUT2D eigenvalue weighted by atomic mass is 9.77. The summed E-state index contributed by atoms with van der Waals surface area (Å²) in [6.07, 6.45) is 5.92. The third-order valence-electron chi connectivity index (χ3n) is 6.63. The minimum absolute atomic E-state index is 0.182. The van der Waals surface area contributed by atoms with E-state index in [-0.39, 0.29) is 5.56 Å². The molecule has 0 fully saturated rings. The lowest BCUT2D eigenvalue weighted by Crippen LogP contribution is -2.13. The zero-order valence-electron chi connectivity index (χ0n) is 20.5. The number of nitrogens with one attached hydrogen (secondary N) is 1. The third kappa shape index (κ3) is 5.27. The Hall–Kier alpha value is -3.29. The quantitative estimate of drug-likeness (QED) is 0.240. The second-order valence-electron chi connectivity index (χ2n) is 9.79. The van der Waals surface area contributed by atoms with Crippen molar-refractivity contribution in [1.82, 2.24) is 4.98 Å². The van der Waals surface area contributed by atoms with Gasteiger partial charge in [-0.25, -0.2) is 9.78 Å². The van der Waals surface area contributed by atoms with Crippen molar-refractivity contribution in [3.05, 3.63) is 77.2 Å². The number of allylic oxidation sites excluding steroid dienone is 2. The molecule has 5 nitrogen and oxygen atoms in total. The van der Waals surface area contributed by atoms with Crippen molar-refractivity contribution in [1.29, 1.82) is 0 Å². The fourth-order valence-corrected chi connectivity index (χ4v) is 5.97. The molecule has 0 amide bonds. The first-order valence-corrected chi connectivity index (χ1v) is 13.5. The van der Waals surface area contributed by atoms with Crippen LogP contribution in [0.25, 0.3) is 26.9 Å². The van der Waals surface area contributed by atoms with Gasteiger partial charge in [0.15, 0.2) is 0 Å². The number of nitrogens with zero attached hydrogens (tertiary/aromatic N) is 1. The zero-order chi connectivity index (χ0) is 25.3. The van der Waals surface area contributed by atoms with E-state index in [9.17, 15) is 9.90 Å². The molecule has 0 spiro atoms. The molecule has 2 N–H and O–H groups in total. The number of thiazole rings is 1. The molecule has 1 heterocycles. The lowest BCUT2D eigenvalue weighted by molar-refractivity contribution is 0.0696. The van der Waals surface area contributed by atoms with Crippen molar-refractivity contribution in [3.63, 3.8) is 0 Å². The smallest absolute Gasteiger partial charge is 0.335 e. The second kappa shape index (κ2) is 9.99. The Morgan fingerprint density at radius 1 is 1.08 bits per heavy atom. The summed E-state index contributed by atoms with van der Waals surface area (Å²) >= 11 is 2.97. The largest absolute Gasteiger partial charge is 0.495 e. The molecule has 1 aromatic heterocycles. The van der Waals surface area contributed by atoms with E-state index in [1.165, 1.54) is 53.5 Å². The van der Waals surface area contributed by atoms with Crippen LogP contribution in [0, 0.1) is 5.41 Å². The molecule has 0 bridgehead atoms. The molecule has 0 atom stereocenters. The van der Waals surface area contributed by atoms with E-state index in [4.69, 9.17) is 9.72 Å². The molecule has 184 valence electrons. The molecular formula is C29H28N2O3S2. The number of carboxylic acids is 1. The van der Waals surface area contributed by atoms with Crippen LogP contribution in [0.3, 0.4) is 0 Å². The van der Waals surface area contributed by atoms with Crippen molar-refractivity contribution in [2.24, 2.45) is 5.41 Å². The van der Waals surface area contributed by atoms with Gasteiger partial charge in [0.25, 0.3) is 0 Å². The average Bonchev–Trinajstić information content (AvgIpc) is 3.36. The van der Waals surface area contributed by atoms with Gasteiger partial charge in [-0.2, -0.15) is 0 Å². The second-order valence-corrected chi connectivity index (χ2v) is 11.5. The van der Waals surface area contributed by atoms with Crippen molar-refractivity contribution in [2.45, 2.75) is 38.1 Å². The van der Waals surface area contributed by atoms with Crippen molar-refractivity contribution < 1.29 is 14.6 Å². The molecule has 1 aliphatic carbocycles. The molecule has 0 radical (unpaired) electrons. The molecule has 1 aliphatic rings. The van der Waals surface area contributed by atoms with Crippen LogP contribution in [0.4, 0.5) is 5.69 Å². The number of fused-ring (bicyclic) bond motifs is 1. The monoisotopic (exact) mass is 516 g/mol. The maximum Gasteiger partial charge on any atom is 0.335 e. The van der Waals surface area contributed by atoms with Gasteiger partial charge in [0, 0.05) is 22.9 Å². The van der Waals surface area contributed by atoms with Gasteiger partial charge in [-0.15, -0.1) is 11.3 Å². The maximum atomic E-state index is 11.2. The number of anilines is 1. The number of aromatic carboxylic acids is 1. The van der Waals surface area contributed by atoms with Crippen LogP contribution >= 0.6 is 23.3 Å². The molecule has 0 unspecified atom stereocenters. The highest BCUT2D eigenvalue weighted by Gasteiger charge is 2.22. The fourth-order valence-electron chi connectivity index (χ4n) is 4.37. The first-order chi connectivity index (χ1) is 17.3. The van der Waals surface area contributed by atoms with Gasteiger partial charge in [-0.05, 0) is 76.9 Å². The van der Waals surface area contributed by atoms with E-state index in [2.05, 4.69) is 61.0 Å². The van der Waals surface area contributed by atoms with Crippen molar-refractivity contribution >= 4 is 51.3 Å². The number of carbonyl (C=O) groups is 1. The summed E-state index contributed by atoms with van der Waals surface area (Å²) in [5.41, 5.74) is 5.17. The summed E-state index contributed by atoms with van der Waals surface area (Å²) in [5, 5.41) is 15.4. The molecule has 5 rings (SSSR count). The van der Waals surface area contributed by atoms with Crippen LogP contribution in [-0.4, -0.2) is 23.2 Å². The SMILES string of the molecule is COc1cc(C(=O)O)ccc1NSc1csc(-c2ccc3cc(C4=CCC(C)(C)CC4)ccc3c2)n1. The minimum atomic E-state index is -0.988. The van der Waals surface area contributed by atoms with Crippen LogP contribution in [0.5, 0.6) is 5.75 Å². The summed E-state index contributed by atoms with van der Waals surface area (Å²) in [6, 6.07) is 18.0. The topological polar surface area (TPSA) is 71.5 Å². The minimum Gasteiger partial charge on any atom is -0.495 e. The standard InChI is InChI=1S/C29H28N2O3S2/c1-29(2)12-10-18(11-13-29)19-4-5-21-15-22(7-6-20(21)14-19)27-30-26(17-35-27)36-31-24-9-8-23(28(32)33)16-25(24)34-3/h4-10,14-17,31H,11-13H2,1-3H3,(H,32,33). The van der Waals surface area contributed by atoms with Gasteiger partial charge in [0.2, 0.25) is 0 Å². The predicted octanol–water partition coefficient (Wildman–Crippen LogP) is 8.38. The highest BCUT2D eigenvalue weighted by Crippen LogP contribution is 2.39. The Morgan fingerprint density at radius 3 is 2.53 bits per heavy atom. The average molecular weight is 517 g/mol. The summed E-state index contributed by atoms with van der Waals surface area (Å²) < 4.78 is 8.56. The number of methoxy groups -OCH3 is 1. The highest BCUT2D eigenvalue weighted by molar-refractivity contribution is 8.00. The van der Waals surface area contributed by atoms with Gasteiger partial charge in [-0.1, -0.05) is 44.2 Å². The predicted molar refractivity (Wildman–Crippen MR) is 150 cm³/mol. The van der Waals surface area contributed by atoms with Gasteiger partial charge in [-0.3, -0.25) is 0 Å². The van der Waals surface area contributed by atoms with Gasteiger partial charge in [0.1, 0.15) is 15.8 Å². The Bertz CT molecular complexity index is 1470. The fraction of sp³-hybridized carbons (Fsp3) is 0.241. The van der Waals surface area contributed by atoms with Crippen LogP contribution in [0.2, 0.25) is 0 Å². The number of aromatic nitrogens is 1. The van der Waals surface area contributed by atoms with Crippen LogP contribution in [-0.2, 0) is 0 Å². The molecule has 36 heavy (non-hydrogen) atoms. The Kier molecular flexibility index (Phi) is 6.77. The number of hydrogen-bond donors (Lipinski definition) is 2. The molecule has 3 aromatic carbocycles. The number of benzene rings is 3. The number of ether oxygens (including phenoxy) is 1. The Balaban J connectivity index is 1.30. The van der Waals surface area contributed by atoms with E-state index in [1.807, 2.05) is 5.38 Å². The van der Waals surface area contributed by atoms with E-state index in [1.54, 1.807) is 23.5 Å². The van der Waals surface area contributed by atoms with E-state index in [0.29, 0.717) is 16.9 Å². The van der Waals surface area contributed by atoms with Gasteiger partial charge >= 0.3 is 5.97 Å². The Labute approximate surface area is 219 Å². The number of carboxylic acid groups (broad SMARTS) is 1. The van der Waals surface area contributed by atoms with Gasteiger partial charge < -0.3 is 14.6 Å². The molecule has 4 aromatic rings. The summed E-state index contributed by atoms with van der Waals surface area (Å²) in [6.45, 7) is 4.69. The summed E-state index contributed by atoms with van der Waals surface area (Å²) in [5.74, 6) is -0.516. The van der Waals surface area contributed by atoms with E-state index < -0.39 is 5.97 Å². The van der Waals surface area contributed by atoms with E-state index >= 15 is 0 Å². The first-order valence-electron chi connectivity index (χ1n) is 11.8. The third-order valence-corrected chi connectivity index (χ3v) is 8.41. The lowest BCUT2D eigenvalue weighted by Gasteiger charge is -2.28. The van der Waals surface area contributed by atoms with Crippen LogP contribution < -0.4 is 9.46 Å².